The zero-order valence-electron chi connectivity index (χ0n) is 14.3. The quantitative estimate of drug-likeness (QED) is 0.876. The van der Waals surface area contributed by atoms with Crippen LogP contribution in [0.1, 0.15) is 29.6 Å². The third-order valence-corrected chi connectivity index (χ3v) is 6.28. The van der Waals surface area contributed by atoms with Crippen LogP contribution in [0.15, 0.2) is 23.1 Å². The molecular formula is C19H20FN3O3. The Morgan fingerprint density at radius 3 is 2.50 bits per heavy atom. The predicted molar refractivity (Wildman–Crippen MR) is 95.5 cm³/mol. The highest BCUT2D eigenvalue weighted by Crippen LogP contribution is 2.62. The molecule has 0 unspecified atom stereocenters. The van der Waals surface area contributed by atoms with Crippen molar-refractivity contribution in [1.29, 1.82) is 0 Å². The second-order valence-corrected chi connectivity index (χ2v) is 7.81. The molecule has 2 bridgehead atoms. The molecule has 0 spiro atoms. The highest BCUT2D eigenvalue weighted by molar-refractivity contribution is 5.93. The molecule has 1 aliphatic heterocycles. The number of carboxylic acids is 1. The van der Waals surface area contributed by atoms with Gasteiger partial charge in [0.1, 0.15) is 11.4 Å². The van der Waals surface area contributed by atoms with E-state index in [-0.39, 0.29) is 16.5 Å². The van der Waals surface area contributed by atoms with Gasteiger partial charge in [0.25, 0.3) is 0 Å². The number of carbonyl (C=O) groups is 1. The Morgan fingerprint density at radius 1 is 1.23 bits per heavy atom. The number of hydrogen-bond donors (Lipinski definition) is 2. The summed E-state index contributed by atoms with van der Waals surface area (Å²) in [5.74, 6) is -1.03. The van der Waals surface area contributed by atoms with Crippen molar-refractivity contribution in [3.63, 3.8) is 0 Å². The summed E-state index contributed by atoms with van der Waals surface area (Å²) < 4.78 is 16.7. The summed E-state index contributed by atoms with van der Waals surface area (Å²) in [6.07, 6.45) is 4.49. The Morgan fingerprint density at radius 2 is 1.92 bits per heavy atom. The minimum atomic E-state index is -1.26. The van der Waals surface area contributed by atoms with Crippen molar-refractivity contribution in [2.75, 3.05) is 31.1 Å². The number of anilines is 1. The molecule has 4 aliphatic rings. The van der Waals surface area contributed by atoms with Crippen molar-refractivity contribution in [1.82, 2.24) is 9.88 Å². The summed E-state index contributed by atoms with van der Waals surface area (Å²) in [5.41, 5.74) is 0.145. The van der Waals surface area contributed by atoms with E-state index in [1.165, 1.54) is 12.3 Å². The first-order valence-corrected chi connectivity index (χ1v) is 9.07. The number of benzene rings is 1. The van der Waals surface area contributed by atoms with Crippen molar-refractivity contribution < 1.29 is 14.3 Å². The van der Waals surface area contributed by atoms with Gasteiger partial charge >= 0.3 is 5.97 Å². The lowest BCUT2D eigenvalue weighted by Crippen LogP contribution is -2.59. The minimum Gasteiger partial charge on any atom is -0.477 e. The SMILES string of the molecule is O=C(O)c1cn(C23CC(C2)C3)c2cc(N3CCNCC3)c(F)cc2c1=O. The third kappa shape index (κ3) is 2.06. The second kappa shape index (κ2) is 5.30. The number of nitrogens with zero attached hydrogens (tertiary/aromatic N) is 2. The Bertz CT molecular complexity index is 977. The van der Waals surface area contributed by atoms with E-state index in [0.29, 0.717) is 30.2 Å². The van der Waals surface area contributed by atoms with Crippen LogP contribution in [0.4, 0.5) is 10.1 Å². The first-order chi connectivity index (χ1) is 12.5. The highest BCUT2D eigenvalue weighted by Gasteiger charge is 2.58. The smallest absolute Gasteiger partial charge is 0.341 e. The van der Waals surface area contributed by atoms with Crippen LogP contribution < -0.4 is 15.6 Å². The maximum absolute atomic E-state index is 14.8. The van der Waals surface area contributed by atoms with Gasteiger partial charge in [-0.25, -0.2) is 9.18 Å². The molecule has 2 heterocycles. The first kappa shape index (κ1) is 15.8. The van der Waals surface area contributed by atoms with E-state index in [2.05, 4.69) is 5.32 Å². The number of rotatable bonds is 3. The van der Waals surface area contributed by atoms with Crippen molar-refractivity contribution in [2.24, 2.45) is 5.92 Å². The molecule has 3 aliphatic carbocycles. The number of fused-ring (bicyclic) bond motifs is 1. The standard InChI is InChI=1S/C19H20FN3O3/c20-14-5-12-15(6-16(14)22-3-1-21-2-4-22)23(19-7-11(8-19)9-19)10-13(17(12)24)18(25)26/h5-6,10-11,21H,1-4,7-9H2,(H,25,26). The zero-order chi connectivity index (χ0) is 18.1. The summed E-state index contributed by atoms with van der Waals surface area (Å²) >= 11 is 0. The van der Waals surface area contributed by atoms with Gasteiger partial charge in [-0.2, -0.15) is 0 Å². The molecule has 7 heteroatoms. The molecule has 3 saturated carbocycles. The third-order valence-electron chi connectivity index (χ3n) is 6.28. The molecule has 2 aromatic rings. The van der Waals surface area contributed by atoms with E-state index in [0.717, 1.165) is 32.4 Å². The molecule has 136 valence electrons. The number of nitrogens with one attached hydrogen (secondary N) is 1. The molecule has 1 saturated heterocycles. The largest absolute Gasteiger partial charge is 0.477 e. The summed E-state index contributed by atoms with van der Waals surface area (Å²) in [6.45, 7) is 2.97. The van der Waals surface area contributed by atoms with Crippen molar-refractivity contribution in [2.45, 2.75) is 24.8 Å². The van der Waals surface area contributed by atoms with Gasteiger partial charge in [-0.1, -0.05) is 0 Å². The number of halogens is 1. The molecule has 6 nitrogen and oxygen atoms in total. The van der Waals surface area contributed by atoms with Gasteiger partial charge in [-0.3, -0.25) is 4.79 Å². The van der Waals surface area contributed by atoms with Gasteiger partial charge in [-0.15, -0.1) is 0 Å². The van der Waals surface area contributed by atoms with Crippen LogP contribution in [0.25, 0.3) is 10.9 Å². The maximum atomic E-state index is 14.8. The molecule has 0 amide bonds. The minimum absolute atomic E-state index is 0.0978. The number of aromatic nitrogens is 1. The van der Waals surface area contributed by atoms with E-state index in [4.69, 9.17) is 0 Å². The Labute approximate surface area is 149 Å². The lowest BCUT2D eigenvalue weighted by atomic mass is 9.49. The first-order valence-electron chi connectivity index (χ1n) is 9.07. The van der Waals surface area contributed by atoms with Crippen LogP contribution in [0.2, 0.25) is 0 Å². The summed E-state index contributed by atoms with van der Waals surface area (Å²) in [5, 5.41) is 12.8. The van der Waals surface area contributed by atoms with Crippen LogP contribution in [0, 0.1) is 11.7 Å². The van der Waals surface area contributed by atoms with Gasteiger partial charge in [0.15, 0.2) is 0 Å². The van der Waals surface area contributed by atoms with Gasteiger partial charge < -0.3 is 19.9 Å². The molecule has 0 atom stereocenters. The molecule has 2 N–H and O–H groups in total. The molecule has 1 aromatic carbocycles. The van der Waals surface area contributed by atoms with Crippen LogP contribution in [0.5, 0.6) is 0 Å². The molecule has 6 rings (SSSR count). The Hall–Kier alpha value is -2.41. The maximum Gasteiger partial charge on any atom is 0.341 e. The average Bonchev–Trinajstić information content (AvgIpc) is 2.54. The number of hydrogen-bond acceptors (Lipinski definition) is 4. The molecular weight excluding hydrogens is 337 g/mol. The van der Waals surface area contributed by atoms with Gasteiger partial charge in [0, 0.05) is 43.3 Å². The fourth-order valence-electron chi connectivity index (χ4n) is 4.75. The number of piperazine rings is 1. The van der Waals surface area contributed by atoms with Crippen molar-refractivity contribution >= 4 is 22.6 Å². The fourth-order valence-corrected chi connectivity index (χ4v) is 4.75. The lowest BCUT2D eigenvalue weighted by Gasteiger charge is -2.63. The van der Waals surface area contributed by atoms with E-state index in [1.54, 1.807) is 6.07 Å². The van der Waals surface area contributed by atoms with Crippen molar-refractivity contribution in [3.8, 4) is 0 Å². The monoisotopic (exact) mass is 357 g/mol. The van der Waals surface area contributed by atoms with Crippen LogP contribution in [-0.2, 0) is 5.54 Å². The highest BCUT2D eigenvalue weighted by atomic mass is 19.1. The summed E-state index contributed by atoms with van der Waals surface area (Å²) in [6, 6.07) is 2.97. The zero-order valence-corrected chi connectivity index (χ0v) is 14.3. The van der Waals surface area contributed by atoms with Gasteiger partial charge in [0.2, 0.25) is 5.43 Å². The van der Waals surface area contributed by atoms with Crippen molar-refractivity contribution in [3.05, 3.63) is 39.9 Å². The Kier molecular flexibility index (Phi) is 3.22. The van der Waals surface area contributed by atoms with Gasteiger partial charge in [-0.05, 0) is 37.3 Å². The second-order valence-electron chi connectivity index (χ2n) is 7.81. The van der Waals surface area contributed by atoms with E-state index in [9.17, 15) is 19.1 Å². The Balaban J connectivity index is 1.75. The number of aromatic carboxylic acids is 1. The number of pyridine rings is 1. The van der Waals surface area contributed by atoms with E-state index >= 15 is 0 Å². The van der Waals surface area contributed by atoms with Crippen LogP contribution >= 0.6 is 0 Å². The summed E-state index contributed by atoms with van der Waals surface area (Å²) in [4.78, 5) is 26.1. The molecule has 4 fully saturated rings. The predicted octanol–water partition coefficient (Wildman–Crippen LogP) is 1.76. The van der Waals surface area contributed by atoms with Crippen LogP contribution in [-0.4, -0.2) is 41.8 Å². The number of carboxylic acid groups (broad SMARTS) is 1. The molecule has 1 aromatic heterocycles. The lowest BCUT2D eigenvalue weighted by molar-refractivity contribution is -0.0860. The normalized spacial score (nSPS) is 27.1. The van der Waals surface area contributed by atoms with E-state index < -0.39 is 17.2 Å². The fraction of sp³-hybridized carbons (Fsp3) is 0.474. The average molecular weight is 357 g/mol. The topological polar surface area (TPSA) is 74.6 Å². The van der Waals surface area contributed by atoms with Gasteiger partial charge in [0.05, 0.1) is 11.2 Å². The molecule has 0 radical (unpaired) electrons. The summed E-state index contributed by atoms with van der Waals surface area (Å²) in [7, 11) is 0. The van der Waals surface area contributed by atoms with E-state index in [1.807, 2.05) is 9.47 Å². The molecule has 26 heavy (non-hydrogen) atoms. The van der Waals surface area contributed by atoms with Crippen LogP contribution in [0.3, 0.4) is 0 Å².